The van der Waals surface area contributed by atoms with Crippen LogP contribution in [-0.4, -0.2) is 53.3 Å². The number of benzene rings is 2. The summed E-state index contributed by atoms with van der Waals surface area (Å²) in [4.78, 5) is 13.9. The first-order chi connectivity index (χ1) is 15.5. The second kappa shape index (κ2) is 8.59. The van der Waals surface area contributed by atoms with E-state index >= 15 is 0 Å². The Balaban J connectivity index is 1.33. The van der Waals surface area contributed by atoms with Crippen molar-refractivity contribution in [1.82, 2.24) is 20.0 Å². The molecule has 3 heterocycles. The summed E-state index contributed by atoms with van der Waals surface area (Å²) in [6.45, 7) is 8.24. The number of rotatable bonds is 5. The van der Waals surface area contributed by atoms with E-state index in [1.54, 1.807) is 0 Å². The number of nitrogens with zero attached hydrogens (tertiary/aromatic N) is 5. The quantitative estimate of drug-likeness (QED) is 0.467. The minimum atomic E-state index is 0.293. The highest BCUT2D eigenvalue weighted by Crippen LogP contribution is 2.26. The summed E-state index contributed by atoms with van der Waals surface area (Å²) >= 11 is 0. The summed E-state index contributed by atoms with van der Waals surface area (Å²) in [6.07, 6.45) is 0.690. The molecule has 0 saturated carbocycles. The van der Waals surface area contributed by atoms with Crippen LogP contribution in [0.4, 0.5) is 5.69 Å². The van der Waals surface area contributed by atoms with Crippen LogP contribution < -0.4 is 4.90 Å². The molecule has 7 nitrogen and oxygen atoms in total. The van der Waals surface area contributed by atoms with E-state index in [0.717, 1.165) is 43.2 Å². The van der Waals surface area contributed by atoms with Crippen LogP contribution in [0.2, 0.25) is 0 Å². The molecule has 0 atom stereocenters. The number of hydrogen-bond donors (Lipinski definition) is 0. The van der Waals surface area contributed by atoms with Gasteiger partial charge in [0.2, 0.25) is 5.82 Å². The molecule has 0 aliphatic carbocycles. The van der Waals surface area contributed by atoms with Gasteiger partial charge in [0.25, 0.3) is 5.89 Å². The number of aromatic nitrogens is 3. The van der Waals surface area contributed by atoms with Gasteiger partial charge in [-0.2, -0.15) is 4.98 Å². The van der Waals surface area contributed by atoms with E-state index in [2.05, 4.69) is 56.2 Å². The molecule has 0 N–H and O–H groups in total. The van der Waals surface area contributed by atoms with Crippen molar-refractivity contribution in [2.45, 2.75) is 20.3 Å². The number of oxazole rings is 1. The molecule has 2 aromatic carbocycles. The van der Waals surface area contributed by atoms with Crippen molar-refractivity contribution >= 4 is 5.69 Å². The first-order valence-electron chi connectivity index (χ1n) is 10.9. The number of aryl methyl sites for hydroxylation is 2. The first-order valence-corrected chi connectivity index (χ1v) is 10.9. The minimum Gasteiger partial charge on any atom is -0.438 e. The van der Waals surface area contributed by atoms with Gasteiger partial charge in [-0.3, -0.25) is 0 Å². The second-order valence-corrected chi connectivity index (χ2v) is 8.45. The van der Waals surface area contributed by atoms with Gasteiger partial charge in [0.15, 0.2) is 0 Å². The number of anilines is 1. The highest BCUT2D eigenvalue weighted by atomic mass is 16.5. The summed E-state index contributed by atoms with van der Waals surface area (Å²) in [5.41, 5.74) is 5.43. The summed E-state index contributed by atoms with van der Waals surface area (Å²) in [6, 6.07) is 16.7. The molecule has 0 radical (unpaired) electrons. The standard InChI is InChI=1S/C25H27N5O2/c1-17-7-9-20(10-8-17)23-27-25(32-28-23)24-26-22(18(2)31-24)16-19-5-4-6-21(15-19)30-13-11-29(3)12-14-30/h4-10,15H,11-14,16H2,1-3H3. The zero-order valence-electron chi connectivity index (χ0n) is 18.7. The fourth-order valence-electron chi connectivity index (χ4n) is 3.93. The lowest BCUT2D eigenvalue weighted by Crippen LogP contribution is -2.44. The van der Waals surface area contributed by atoms with E-state index in [1.165, 1.54) is 16.8 Å². The monoisotopic (exact) mass is 429 g/mol. The van der Waals surface area contributed by atoms with E-state index in [1.807, 2.05) is 38.1 Å². The van der Waals surface area contributed by atoms with Gasteiger partial charge in [-0.05, 0) is 38.6 Å². The summed E-state index contributed by atoms with van der Waals surface area (Å²) in [5.74, 6) is 1.94. The van der Waals surface area contributed by atoms with Crippen LogP contribution in [-0.2, 0) is 6.42 Å². The third kappa shape index (κ3) is 4.29. The molecule has 1 aliphatic rings. The smallest absolute Gasteiger partial charge is 0.314 e. The van der Waals surface area contributed by atoms with Gasteiger partial charge in [-0.25, -0.2) is 4.98 Å². The topological polar surface area (TPSA) is 71.4 Å². The molecule has 5 rings (SSSR count). The maximum absolute atomic E-state index is 5.88. The van der Waals surface area contributed by atoms with Crippen LogP contribution >= 0.6 is 0 Å². The van der Waals surface area contributed by atoms with Crippen molar-refractivity contribution in [3.63, 3.8) is 0 Å². The van der Waals surface area contributed by atoms with E-state index in [0.29, 0.717) is 24.0 Å². The minimum absolute atomic E-state index is 0.293. The van der Waals surface area contributed by atoms with Gasteiger partial charge < -0.3 is 18.7 Å². The van der Waals surface area contributed by atoms with Crippen LogP contribution in [0.3, 0.4) is 0 Å². The van der Waals surface area contributed by atoms with Gasteiger partial charge >= 0.3 is 5.89 Å². The van der Waals surface area contributed by atoms with Crippen molar-refractivity contribution in [2.75, 3.05) is 38.1 Å². The molecule has 4 aromatic rings. The average molecular weight is 430 g/mol. The predicted molar refractivity (Wildman–Crippen MR) is 124 cm³/mol. The second-order valence-electron chi connectivity index (χ2n) is 8.45. The van der Waals surface area contributed by atoms with Gasteiger partial charge in [0.05, 0.1) is 5.69 Å². The molecule has 32 heavy (non-hydrogen) atoms. The molecule has 2 aromatic heterocycles. The van der Waals surface area contributed by atoms with E-state index in [4.69, 9.17) is 8.94 Å². The number of piperazine rings is 1. The molecule has 1 aliphatic heterocycles. The fourth-order valence-corrected chi connectivity index (χ4v) is 3.93. The lowest BCUT2D eigenvalue weighted by atomic mass is 10.1. The summed E-state index contributed by atoms with van der Waals surface area (Å²) in [7, 11) is 2.17. The van der Waals surface area contributed by atoms with Crippen molar-refractivity contribution in [2.24, 2.45) is 0 Å². The van der Waals surface area contributed by atoms with Crippen molar-refractivity contribution in [3.8, 4) is 23.2 Å². The summed E-state index contributed by atoms with van der Waals surface area (Å²) < 4.78 is 11.3. The van der Waals surface area contributed by atoms with Crippen LogP contribution in [0.15, 0.2) is 57.5 Å². The van der Waals surface area contributed by atoms with Crippen LogP contribution in [0, 0.1) is 13.8 Å². The molecule has 0 unspecified atom stereocenters. The average Bonchev–Trinajstić information content (AvgIpc) is 3.42. The molecule has 0 spiro atoms. The van der Waals surface area contributed by atoms with E-state index < -0.39 is 0 Å². The van der Waals surface area contributed by atoms with Crippen LogP contribution in [0.1, 0.15) is 22.6 Å². The van der Waals surface area contributed by atoms with Crippen molar-refractivity contribution < 1.29 is 8.94 Å². The Bertz CT molecular complexity index is 1200. The first kappa shape index (κ1) is 20.5. The van der Waals surface area contributed by atoms with E-state index in [9.17, 15) is 0 Å². The molecule has 1 saturated heterocycles. The third-order valence-corrected chi connectivity index (χ3v) is 5.96. The molecular weight excluding hydrogens is 402 g/mol. The predicted octanol–water partition coefficient (Wildman–Crippen LogP) is 4.35. The van der Waals surface area contributed by atoms with E-state index in [-0.39, 0.29) is 0 Å². The fraction of sp³-hybridized carbons (Fsp3) is 0.320. The highest BCUT2D eigenvalue weighted by molar-refractivity contribution is 5.57. The maximum atomic E-state index is 5.88. The zero-order chi connectivity index (χ0) is 22.1. The Hall–Kier alpha value is -3.45. The number of likely N-dealkylation sites (N-methyl/N-ethyl adjacent to an activating group) is 1. The lowest BCUT2D eigenvalue weighted by Gasteiger charge is -2.34. The van der Waals surface area contributed by atoms with Gasteiger partial charge in [-0.1, -0.05) is 47.1 Å². The maximum Gasteiger partial charge on any atom is 0.314 e. The van der Waals surface area contributed by atoms with Crippen molar-refractivity contribution in [1.29, 1.82) is 0 Å². The summed E-state index contributed by atoms with van der Waals surface area (Å²) in [5, 5.41) is 4.09. The highest BCUT2D eigenvalue weighted by Gasteiger charge is 2.19. The molecule has 7 heteroatoms. The van der Waals surface area contributed by atoms with Gasteiger partial charge in [0.1, 0.15) is 5.76 Å². The Kier molecular flexibility index (Phi) is 5.49. The van der Waals surface area contributed by atoms with Crippen LogP contribution in [0.25, 0.3) is 23.2 Å². The molecular formula is C25H27N5O2. The zero-order valence-corrected chi connectivity index (χ0v) is 18.7. The largest absolute Gasteiger partial charge is 0.438 e. The SMILES string of the molecule is Cc1ccc(-c2noc(-c3nc(Cc4cccc(N5CCN(C)CC5)c4)c(C)o3)n2)cc1. The Morgan fingerprint density at radius 2 is 1.69 bits per heavy atom. The van der Waals surface area contributed by atoms with Crippen molar-refractivity contribution in [3.05, 3.63) is 71.1 Å². The molecule has 0 bridgehead atoms. The molecule has 0 amide bonds. The van der Waals surface area contributed by atoms with Gasteiger partial charge in [0, 0.05) is 43.9 Å². The molecule has 164 valence electrons. The van der Waals surface area contributed by atoms with Crippen LogP contribution in [0.5, 0.6) is 0 Å². The molecule has 1 fully saturated rings. The Morgan fingerprint density at radius 1 is 0.906 bits per heavy atom. The number of hydrogen-bond acceptors (Lipinski definition) is 7. The normalized spacial score (nSPS) is 14.8. The van der Waals surface area contributed by atoms with Gasteiger partial charge in [-0.15, -0.1) is 0 Å². The lowest BCUT2D eigenvalue weighted by molar-refractivity contribution is 0.313. The Morgan fingerprint density at radius 3 is 2.47 bits per heavy atom. The third-order valence-electron chi connectivity index (χ3n) is 5.96. The Labute approximate surface area is 187 Å².